The van der Waals surface area contributed by atoms with E-state index in [2.05, 4.69) is 10.3 Å². The Bertz CT molecular complexity index is 891. The van der Waals surface area contributed by atoms with Gasteiger partial charge >= 0.3 is 0 Å². The van der Waals surface area contributed by atoms with Crippen LogP contribution in [-0.4, -0.2) is 55.6 Å². The van der Waals surface area contributed by atoms with Gasteiger partial charge in [-0.3, -0.25) is 9.59 Å². The van der Waals surface area contributed by atoms with Crippen molar-refractivity contribution in [3.05, 3.63) is 63.9 Å². The number of carbonyl (C=O) groups is 2. The molecular formula is C22H26ClN3O3. The summed E-state index contributed by atoms with van der Waals surface area (Å²) in [6.45, 7) is 3.54. The van der Waals surface area contributed by atoms with Gasteiger partial charge in [-0.25, -0.2) is 4.98 Å². The zero-order chi connectivity index (χ0) is 21.0. The van der Waals surface area contributed by atoms with Gasteiger partial charge in [-0.15, -0.1) is 0 Å². The van der Waals surface area contributed by atoms with Crippen LogP contribution in [0.1, 0.15) is 44.9 Å². The number of carbonyl (C=O) groups excluding carboxylic acids is 2. The quantitative estimate of drug-likeness (QED) is 0.813. The lowest BCUT2D eigenvalue weighted by Crippen LogP contribution is -2.44. The molecule has 0 spiro atoms. The number of nitrogens with zero attached hydrogens (tertiary/aromatic N) is 2. The van der Waals surface area contributed by atoms with Crippen molar-refractivity contribution in [3.63, 3.8) is 0 Å². The summed E-state index contributed by atoms with van der Waals surface area (Å²) in [5.74, 6) is -0.386. The van der Waals surface area contributed by atoms with Gasteiger partial charge in [0, 0.05) is 44.3 Å². The van der Waals surface area contributed by atoms with Crippen LogP contribution in [0, 0.1) is 6.92 Å². The Labute approximate surface area is 176 Å². The first kappa shape index (κ1) is 21.3. The molecule has 1 saturated heterocycles. The fourth-order valence-corrected chi connectivity index (χ4v) is 3.75. The monoisotopic (exact) mass is 415 g/mol. The number of hydrogen-bond acceptors (Lipinski definition) is 4. The van der Waals surface area contributed by atoms with Crippen molar-refractivity contribution in [2.75, 3.05) is 33.9 Å². The van der Waals surface area contributed by atoms with Crippen molar-refractivity contribution in [1.29, 1.82) is 0 Å². The molecule has 0 bridgehead atoms. The van der Waals surface area contributed by atoms with Gasteiger partial charge in [0.2, 0.25) is 0 Å². The largest absolute Gasteiger partial charge is 0.381 e. The number of rotatable bonds is 5. The minimum atomic E-state index is -0.196. The molecule has 3 rings (SSSR count). The molecule has 2 amide bonds. The summed E-state index contributed by atoms with van der Waals surface area (Å²) in [5.41, 5.74) is 2.28. The van der Waals surface area contributed by atoms with E-state index in [0.29, 0.717) is 41.7 Å². The van der Waals surface area contributed by atoms with Gasteiger partial charge in [0.05, 0.1) is 11.3 Å². The van der Waals surface area contributed by atoms with Crippen LogP contribution in [-0.2, 0) is 10.2 Å². The molecule has 1 fully saturated rings. The molecule has 0 aliphatic carbocycles. The number of amides is 2. The highest BCUT2D eigenvalue weighted by molar-refractivity contribution is 6.30. The van der Waals surface area contributed by atoms with Crippen molar-refractivity contribution in [2.24, 2.45) is 0 Å². The minimum absolute atomic E-state index is 0.191. The Hall–Kier alpha value is -2.44. The Kier molecular flexibility index (Phi) is 6.55. The Balaban J connectivity index is 1.77. The Morgan fingerprint density at radius 3 is 2.38 bits per heavy atom. The summed E-state index contributed by atoms with van der Waals surface area (Å²) < 4.78 is 5.55. The third kappa shape index (κ3) is 4.77. The van der Waals surface area contributed by atoms with E-state index >= 15 is 0 Å². The van der Waals surface area contributed by atoms with Crippen LogP contribution in [0.5, 0.6) is 0 Å². The fourth-order valence-electron chi connectivity index (χ4n) is 3.63. The van der Waals surface area contributed by atoms with Crippen LogP contribution in [0.25, 0.3) is 0 Å². The molecule has 0 atom stereocenters. The van der Waals surface area contributed by atoms with E-state index in [1.165, 1.54) is 4.90 Å². The van der Waals surface area contributed by atoms with Gasteiger partial charge in [0.15, 0.2) is 0 Å². The third-order valence-corrected chi connectivity index (χ3v) is 5.70. The second-order valence-corrected chi connectivity index (χ2v) is 8.05. The zero-order valence-electron chi connectivity index (χ0n) is 17.0. The average molecular weight is 416 g/mol. The summed E-state index contributed by atoms with van der Waals surface area (Å²) in [4.78, 5) is 30.7. The lowest BCUT2D eigenvalue weighted by atomic mass is 9.74. The Morgan fingerprint density at radius 2 is 1.79 bits per heavy atom. The van der Waals surface area contributed by atoms with Crippen molar-refractivity contribution in [3.8, 4) is 0 Å². The normalized spacial score (nSPS) is 15.6. The van der Waals surface area contributed by atoms with Crippen LogP contribution in [0.15, 0.2) is 36.4 Å². The predicted octanol–water partition coefficient (Wildman–Crippen LogP) is 3.22. The maximum absolute atomic E-state index is 12.9. The standard InChI is InChI=1S/C22H26ClN3O3/c1-15-18(8-9-19(25-15)21(28)26(2)3)20(27)24-14-22(10-12-29-13-11-22)16-4-6-17(23)7-5-16/h4-9H,10-14H2,1-3H3,(H,24,27). The lowest BCUT2D eigenvalue weighted by Gasteiger charge is -2.38. The number of benzene rings is 1. The van der Waals surface area contributed by atoms with Gasteiger partial charge in [0.1, 0.15) is 5.69 Å². The molecule has 2 aromatic rings. The van der Waals surface area contributed by atoms with E-state index in [4.69, 9.17) is 16.3 Å². The average Bonchev–Trinajstić information content (AvgIpc) is 2.72. The molecule has 29 heavy (non-hydrogen) atoms. The van der Waals surface area contributed by atoms with Crippen molar-refractivity contribution < 1.29 is 14.3 Å². The first-order chi connectivity index (χ1) is 13.8. The molecule has 6 nitrogen and oxygen atoms in total. The second kappa shape index (κ2) is 8.93. The zero-order valence-corrected chi connectivity index (χ0v) is 17.8. The summed E-state index contributed by atoms with van der Waals surface area (Å²) in [7, 11) is 3.34. The topological polar surface area (TPSA) is 71.5 Å². The van der Waals surface area contributed by atoms with E-state index in [0.717, 1.165) is 18.4 Å². The molecule has 1 aliphatic heterocycles. The summed E-state index contributed by atoms with van der Waals surface area (Å²) in [6.07, 6.45) is 1.64. The number of nitrogens with one attached hydrogen (secondary N) is 1. The van der Waals surface area contributed by atoms with Gasteiger partial charge in [0.25, 0.3) is 11.8 Å². The van der Waals surface area contributed by atoms with Gasteiger partial charge in [-0.2, -0.15) is 0 Å². The van der Waals surface area contributed by atoms with Crippen LogP contribution in [0.3, 0.4) is 0 Å². The SMILES string of the molecule is Cc1nc(C(=O)N(C)C)ccc1C(=O)NCC1(c2ccc(Cl)cc2)CCOCC1. The van der Waals surface area contributed by atoms with E-state index in [1.807, 2.05) is 24.3 Å². The first-order valence-electron chi connectivity index (χ1n) is 9.64. The summed E-state index contributed by atoms with van der Waals surface area (Å²) in [5, 5.41) is 3.76. The smallest absolute Gasteiger partial charge is 0.271 e. The number of hydrogen-bond donors (Lipinski definition) is 1. The molecule has 1 N–H and O–H groups in total. The highest BCUT2D eigenvalue weighted by Crippen LogP contribution is 2.35. The van der Waals surface area contributed by atoms with E-state index < -0.39 is 0 Å². The Morgan fingerprint density at radius 1 is 1.14 bits per heavy atom. The number of pyridine rings is 1. The van der Waals surface area contributed by atoms with Crippen molar-refractivity contribution in [1.82, 2.24) is 15.2 Å². The van der Waals surface area contributed by atoms with Crippen molar-refractivity contribution in [2.45, 2.75) is 25.2 Å². The van der Waals surface area contributed by atoms with E-state index in [1.54, 1.807) is 33.2 Å². The molecule has 154 valence electrons. The summed E-state index contributed by atoms with van der Waals surface area (Å²) in [6, 6.07) is 11.1. The highest BCUT2D eigenvalue weighted by Gasteiger charge is 2.35. The van der Waals surface area contributed by atoms with E-state index in [-0.39, 0.29) is 17.2 Å². The number of halogens is 1. The molecule has 0 unspecified atom stereocenters. The van der Waals surface area contributed by atoms with Crippen molar-refractivity contribution >= 4 is 23.4 Å². The number of ether oxygens (including phenoxy) is 1. The molecule has 7 heteroatoms. The molecule has 2 heterocycles. The van der Waals surface area contributed by atoms with Gasteiger partial charge in [-0.05, 0) is 49.6 Å². The highest BCUT2D eigenvalue weighted by atomic mass is 35.5. The number of aromatic nitrogens is 1. The van der Waals surface area contributed by atoms with Crippen LogP contribution >= 0.6 is 11.6 Å². The third-order valence-electron chi connectivity index (χ3n) is 5.45. The lowest BCUT2D eigenvalue weighted by molar-refractivity contribution is 0.0487. The maximum atomic E-state index is 12.9. The minimum Gasteiger partial charge on any atom is -0.381 e. The van der Waals surface area contributed by atoms with Gasteiger partial charge < -0.3 is 15.0 Å². The van der Waals surface area contributed by atoms with Crippen LogP contribution in [0.4, 0.5) is 0 Å². The predicted molar refractivity (Wildman–Crippen MR) is 113 cm³/mol. The second-order valence-electron chi connectivity index (χ2n) is 7.61. The molecule has 0 saturated carbocycles. The molecule has 1 aromatic carbocycles. The summed E-state index contributed by atoms with van der Waals surface area (Å²) >= 11 is 6.05. The van der Waals surface area contributed by atoms with Crippen LogP contribution in [0.2, 0.25) is 5.02 Å². The molecule has 0 radical (unpaired) electrons. The molecule has 1 aliphatic rings. The molecular weight excluding hydrogens is 390 g/mol. The molecule has 1 aromatic heterocycles. The fraction of sp³-hybridized carbons (Fsp3) is 0.409. The maximum Gasteiger partial charge on any atom is 0.271 e. The van der Waals surface area contributed by atoms with Gasteiger partial charge in [-0.1, -0.05) is 23.7 Å². The van der Waals surface area contributed by atoms with Crippen LogP contribution < -0.4 is 5.32 Å². The first-order valence-corrected chi connectivity index (χ1v) is 10.0. The number of aryl methyl sites for hydroxylation is 1. The van der Waals surface area contributed by atoms with E-state index in [9.17, 15) is 9.59 Å².